The topological polar surface area (TPSA) is 58.4 Å². The third kappa shape index (κ3) is 6.38. The van der Waals surface area contributed by atoms with E-state index in [1.54, 1.807) is 6.07 Å². The molecule has 4 aromatic rings. The number of alkyl halides is 6. The molecule has 3 aromatic heterocycles. The minimum Gasteiger partial charge on any atom is -0.353 e. The number of rotatable bonds is 6. The number of likely N-dealkylation sites (tertiary alicyclic amines) is 1. The SMILES string of the molecule is FC(F)(F)c1ccc(-c2nn3cc(C(F)(F)F)ccc3c2-c2ccnc(NCCN3CCCCCCC3)n2)cc1. The van der Waals surface area contributed by atoms with Crippen LogP contribution in [0.1, 0.15) is 43.2 Å². The Morgan fingerprint density at radius 1 is 0.775 bits per heavy atom. The van der Waals surface area contributed by atoms with Crippen LogP contribution in [-0.2, 0) is 12.4 Å². The van der Waals surface area contributed by atoms with E-state index in [1.165, 1.54) is 56.5 Å². The maximum absolute atomic E-state index is 13.4. The van der Waals surface area contributed by atoms with Crippen molar-refractivity contribution in [3.63, 3.8) is 0 Å². The number of nitrogens with zero attached hydrogens (tertiary/aromatic N) is 5. The fourth-order valence-corrected chi connectivity index (χ4v) is 4.93. The van der Waals surface area contributed by atoms with Crippen molar-refractivity contribution in [1.82, 2.24) is 24.5 Å². The van der Waals surface area contributed by atoms with Crippen molar-refractivity contribution in [2.45, 2.75) is 44.5 Å². The summed E-state index contributed by atoms with van der Waals surface area (Å²) in [6, 6.07) is 8.18. The van der Waals surface area contributed by atoms with Crippen molar-refractivity contribution < 1.29 is 26.3 Å². The van der Waals surface area contributed by atoms with Gasteiger partial charge in [-0.3, -0.25) is 0 Å². The first-order chi connectivity index (χ1) is 19.1. The number of benzene rings is 1. The molecule has 1 fully saturated rings. The number of halogens is 6. The highest BCUT2D eigenvalue weighted by Gasteiger charge is 2.32. The van der Waals surface area contributed by atoms with Gasteiger partial charge in [-0.25, -0.2) is 14.5 Å². The van der Waals surface area contributed by atoms with Crippen molar-refractivity contribution in [3.05, 3.63) is 66.0 Å². The molecule has 1 aromatic carbocycles. The van der Waals surface area contributed by atoms with Crippen molar-refractivity contribution >= 4 is 11.5 Å². The first-order valence-corrected chi connectivity index (χ1v) is 13.2. The Hall–Kier alpha value is -3.67. The van der Waals surface area contributed by atoms with E-state index in [0.29, 0.717) is 34.8 Å². The highest BCUT2D eigenvalue weighted by atomic mass is 19.4. The zero-order chi connectivity index (χ0) is 28.3. The Balaban J connectivity index is 1.47. The molecule has 4 heterocycles. The largest absolute Gasteiger partial charge is 0.417 e. The van der Waals surface area contributed by atoms with Gasteiger partial charge in [0.15, 0.2) is 0 Å². The van der Waals surface area contributed by atoms with E-state index in [2.05, 4.69) is 25.3 Å². The number of pyridine rings is 1. The molecule has 0 atom stereocenters. The molecule has 0 amide bonds. The molecule has 1 N–H and O–H groups in total. The Kier molecular flexibility index (Phi) is 7.97. The van der Waals surface area contributed by atoms with Gasteiger partial charge in [-0.2, -0.15) is 31.4 Å². The van der Waals surface area contributed by atoms with Crippen LogP contribution in [0, 0.1) is 0 Å². The average Bonchev–Trinajstić information content (AvgIpc) is 3.28. The van der Waals surface area contributed by atoms with Crippen LogP contribution in [0.5, 0.6) is 0 Å². The van der Waals surface area contributed by atoms with Gasteiger partial charge in [0, 0.05) is 31.0 Å². The fourth-order valence-electron chi connectivity index (χ4n) is 4.93. The molecule has 0 aliphatic carbocycles. The van der Waals surface area contributed by atoms with Crippen LogP contribution in [0.2, 0.25) is 0 Å². The van der Waals surface area contributed by atoms with E-state index in [4.69, 9.17) is 0 Å². The van der Waals surface area contributed by atoms with E-state index >= 15 is 0 Å². The van der Waals surface area contributed by atoms with Crippen molar-refractivity contribution in [3.8, 4) is 22.5 Å². The number of anilines is 1. The molecule has 212 valence electrons. The van der Waals surface area contributed by atoms with E-state index in [9.17, 15) is 26.3 Å². The molecular formula is C28H28F6N6. The Labute approximate surface area is 227 Å². The van der Waals surface area contributed by atoms with E-state index in [-0.39, 0.29) is 5.69 Å². The summed E-state index contributed by atoms with van der Waals surface area (Å²) >= 11 is 0. The zero-order valence-corrected chi connectivity index (χ0v) is 21.6. The van der Waals surface area contributed by atoms with Crippen LogP contribution in [-0.4, -0.2) is 50.7 Å². The molecule has 0 spiro atoms. The summed E-state index contributed by atoms with van der Waals surface area (Å²) in [6.45, 7) is 3.52. The summed E-state index contributed by atoms with van der Waals surface area (Å²) in [6.07, 6.45) is -0.633. The monoisotopic (exact) mass is 562 g/mol. The number of hydrogen-bond donors (Lipinski definition) is 1. The second kappa shape index (κ2) is 11.4. The molecule has 0 unspecified atom stereocenters. The van der Waals surface area contributed by atoms with Crippen molar-refractivity contribution in [2.75, 3.05) is 31.5 Å². The molecule has 1 saturated heterocycles. The van der Waals surface area contributed by atoms with Gasteiger partial charge in [0.2, 0.25) is 5.95 Å². The third-order valence-corrected chi connectivity index (χ3v) is 7.01. The normalized spacial score (nSPS) is 15.7. The summed E-state index contributed by atoms with van der Waals surface area (Å²) < 4.78 is 80.7. The van der Waals surface area contributed by atoms with Crippen LogP contribution in [0.15, 0.2) is 54.9 Å². The molecule has 40 heavy (non-hydrogen) atoms. The minimum atomic E-state index is -4.59. The molecule has 5 rings (SSSR count). The molecule has 0 bridgehead atoms. The molecule has 1 aliphatic heterocycles. The lowest BCUT2D eigenvalue weighted by molar-refractivity contribution is -0.138. The number of fused-ring (bicyclic) bond motifs is 1. The third-order valence-electron chi connectivity index (χ3n) is 7.01. The summed E-state index contributed by atoms with van der Waals surface area (Å²) in [7, 11) is 0. The molecule has 0 saturated carbocycles. The smallest absolute Gasteiger partial charge is 0.353 e. The predicted molar refractivity (Wildman–Crippen MR) is 140 cm³/mol. The van der Waals surface area contributed by atoms with E-state index in [0.717, 1.165) is 48.5 Å². The minimum absolute atomic E-state index is 0.207. The highest BCUT2D eigenvalue weighted by molar-refractivity contribution is 5.91. The average molecular weight is 563 g/mol. The van der Waals surface area contributed by atoms with Crippen LogP contribution in [0.3, 0.4) is 0 Å². The molecular weight excluding hydrogens is 534 g/mol. The Bertz CT molecular complexity index is 1440. The summed E-state index contributed by atoms with van der Waals surface area (Å²) in [5, 5.41) is 7.57. The quantitative estimate of drug-likeness (QED) is 0.253. The lowest BCUT2D eigenvalue weighted by Crippen LogP contribution is -2.32. The van der Waals surface area contributed by atoms with Crippen molar-refractivity contribution in [1.29, 1.82) is 0 Å². The van der Waals surface area contributed by atoms with Crippen LogP contribution in [0.25, 0.3) is 28.0 Å². The molecule has 1 aliphatic rings. The van der Waals surface area contributed by atoms with Gasteiger partial charge < -0.3 is 10.2 Å². The van der Waals surface area contributed by atoms with Gasteiger partial charge in [-0.15, -0.1) is 0 Å². The van der Waals surface area contributed by atoms with Gasteiger partial charge in [-0.1, -0.05) is 31.4 Å². The lowest BCUT2D eigenvalue weighted by atomic mass is 10.0. The van der Waals surface area contributed by atoms with Crippen LogP contribution in [0.4, 0.5) is 32.3 Å². The second-order valence-corrected chi connectivity index (χ2v) is 9.85. The molecule has 6 nitrogen and oxygen atoms in total. The maximum atomic E-state index is 13.4. The zero-order valence-electron chi connectivity index (χ0n) is 21.6. The van der Waals surface area contributed by atoms with Crippen molar-refractivity contribution in [2.24, 2.45) is 0 Å². The molecule has 0 radical (unpaired) electrons. The number of aromatic nitrogens is 4. The first-order valence-electron chi connectivity index (χ1n) is 13.2. The summed E-state index contributed by atoms with van der Waals surface area (Å²) in [5.74, 6) is 0.342. The maximum Gasteiger partial charge on any atom is 0.417 e. The van der Waals surface area contributed by atoms with Gasteiger partial charge >= 0.3 is 12.4 Å². The van der Waals surface area contributed by atoms with E-state index < -0.39 is 23.5 Å². The summed E-state index contributed by atoms with van der Waals surface area (Å²) in [5.41, 5.74) is -0.121. The predicted octanol–water partition coefficient (Wildman–Crippen LogP) is 7.17. The Morgan fingerprint density at radius 2 is 1.43 bits per heavy atom. The van der Waals surface area contributed by atoms with E-state index in [1.807, 2.05) is 0 Å². The Morgan fingerprint density at radius 3 is 2.10 bits per heavy atom. The van der Waals surface area contributed by atoms with Gasteiger partial charge in [0.1, 0.15) is 5.69 Å². The summed E-state index contributed by atoms with van der Waals surface area (Å²) in [4.78, 5) is 11.3. The van der Waals surface area contributed by atoms with Crippen LogP contribution >= 0.6 is 0 Å². The highest BCUT2D eigenvalue weighted by Crippen LogP contribution is 2.38. The lowest BCUT2D eigenvalue weighted by Gasteiger charge is -2.24. The number of nitrogens with one attached hydrogen (secondary N) is 1. The van der Waals surface area contributed by atoms with Gasteiger partial charge in [0.25, 0.3) is 0 Å². The van der Waals surface area contributed by atoms with Crippen LogP contribution < -0.4 is 5.32 Å². The standard InChI is InChI=1S/C28H28F6N6/c29-27(30,31)20-8-6-19(7-9-20)25-24(23-11-10-21(28(32,33)34)18-40(23)38-25)22-12-13-35-26(37-22)36-14-17-39-15-4-2-1-3-5-16-39/h6-13,18H,1-5,14-17H2,(H,35,36,37). The molecule has 12 heteroatoms. The first kappa shape index (κ1) is 27.9. The second-order valence-electron chi connectivity index (χ2n) is 9.85. The fraction of sp³-hybridized carbons (Fsp3) is 0.393. The van der Waals surface area contributed by atoms with Gasteiger partial charge in [0.05, 0.1) is 27.9 Å². The number of hydrogen-bond acceptors (Lipinski definition) is 5. The van der Waals surface area contributed by atoms with Gasteiger partial charge in [-0.05, 0) is 56.3 Å².